The zero-order chi connectivity index (χ0) is 25.4. The van der Waals surface area contributed by atoms with E-state index in [9.17, 15) is 35.7 Å². The first kappa shape index (κ1) is 29.1. The number of hydrogen-bond donors (Lipinski definition) is 7. The lowest BCUT2D eigenvalue weighted by molar-refractivity contribution is -0.359. The van der Waals surface area contributed by atoms with Gasteiger partial charge in [-0.05, 0) is 12.3 Å². The van der Waals surface area contributed by atoms with Gasteiger partial charge < -0.3 is 54.7 Å². The summed E-state index contributed by atoms with van der Waals surface area (Å²) in [6, 6.07) is 0. The fourth-order valence-electron chi connectivity index (χ4n) is 5.26. The lowest BCUT2D eigenvalue weighted by Gasteiger charge is -2.45. The average molecular weight is 509 g/mol. The molecule has 10 unspecified atom stereocenters. The topological polar surface area (TPSA) is 179 Å². The van der Waals surface area contributed by atoms with E-state index < -0.39 is 74.6 Å². The number of aliphatic hydroxyl groups excluding tert-OH is 7. The maximum absolute atomic E-state index is 10.6. The maximum Gasteiger partial charge on any atom is 0.187 e. The second-order valence-electron chi connectivity index (χ2n) is 10.1. The van der Waals surface area contributed by atoms with Crippen LogP contribution in [0.2, 0.25) is 0 Å². The van der Waals surface area contributed by atoms with Gasteiger partial charge in [-0.15, -0.1) is 0 Å². The van der Waals surface area contributed by atoms with Gasteiger partial charge in [0.1, 0.15) is 48.8 Å². The summed E-state index contributed by atoms with van der Waals surface area (Å²) < 4.78 is 22.1. The van der Waals surface area contributed by atoms with Crippen molar-refractivity contribution in [1.82, 2.24) is 0 Å². The molecule has 3 aliphatic rings. The van der Waals surface area contributed by atoms with Crippen molar-refractivity contribution in [3.63, 3.8) is 0 Å². The highest BCUT2D eigenvalue weighted by molar-refractivity contribution is 4.94. The number of ether oxygens (including phenoxy) is 4. The Balaban J connectivity index is 1.41. The summed E-state index contributed by atoms with van der Waals surface area (Å²) in [6.45, 7) is -0.891. The molecule has 3 rings (SSSR count). The van der Waals surface area contributed by atoms with Crippen molar-refractivity contribution in [2.24, 2.45) is 5.92 Å². The van der Waals surface area contributed by atoms with Crippen molar-refractivity contribution in [2.45, 2.75) is 126 Å². The number of rotatable bonds is 12. The molecule has 0 radical (unpaired) electrons. The highest BCUT2D eigenvalue weighted by Crippen LogP contribution is 2.30. The molecule has 0 amide bonds. The quantitative estimate of drug-likeness (QED) is 0.163. The van der Waals surface area contributed by atoms with Crippen LogP contribution in [0.5, 0.6) is 0 Å². The van der Waals surface area contributed by atoms with Crippen LogP contribution in [0.15, 0.2) is 0 Å². The van der Waals surface area contributed by atoms with Gasteiger partial charge in [0.25, 0.3) is 0 Å². The second kappa shape index (κ2) is 14.5. The predicted octanol–water partition coefficient (Wildman–Crippen LogP) is -0.842. The lowest BCUT2D eigenvalue weighted by Crippen LogP contribution is -2.64. The van der Waals surface area contributed by atoms with Crippen molar-refractivity contribution in [1.29, 1.82) is 0 Å². The van der Waals surface area contributed by atoms with Crippen LogP contribution in [-0.2, 0) is 18.9 Å². The minimum atomic E-state index is -1.69. The molecule has 2 heterocycles. The summed E-state index contributed by atoms with van der Waals surface area (Å²) in [6.07, 6.45) is -2.12. The first-order valence-electron chi connectivity index (χ1n) is 13.1. The summed E-state index contributed by atoms with van der Waals surface area (Å²) >= 11 is 0. The zero-order valence-corrected chi connectivity index (χ0v) is 20.3. The van der Waals surface area contributed by atoms with E-state index in [1.807, 2.05) is 0 Å². The molecule has 1 saturated carbocycles. The molecule has 2 aliphatic heterocycles. The van der Waals surface area contributed by atoms with Gasteiger partial charge in [0.05, 0.1) is 13.2 Å². The molecule has 7 N–H and O–H groups in total. The normalized spacial score (nSPS) is 41.2. The molecule has 0 spiro atoms. The Morgan fingerprint density at radius 2 is 1.26 bits per heavy atom. The first-order valence-corrected chi connectivity index (χ1v) is 13.1. The van der Waals surface area contributed by atoms with E-state index in [1.165, 1.54) is 44.9 Å². The van der Waals surface area contributed by atoms with Gasteiger partial charge in [-0.1, -0.05) is 57.8 Å². The number of aliphatic hydroxyl groups is 7. The predicted molar refractivity (Wildman–Crippen MR) is 122 cm³/mol. The summed E-state index contributed by atoms with van der Waals surface area (Å²) in [5, 5.41) is 70.2. The monoisotopic (exact) mass is 508 g/mol. The smallest absolute Gasteiger partial charge is 0.187 e. The van der Waals surface area contributed by atoms with Gasteiger partial charge in [-0.3, -0.25) is 0 Å². The van der Waals surface area contributed by atoms with Crippen molar-refractivity contribution >= 4 is 0 Å². The Morgan fingerprint density at radius 3 is 1.94 bits per heavy atom. The van der Waals surface area contributed by atoms with Gasteiger partial charge >= 0.3 is 0 Å². The van der Waals surface area contributed by atoms with E-state index in [1.54, 1.807) is 0 Å². The summed E-state index contributed by atoms with van der Waals surface area (Å²) in [5.41, 5.74) is 0. The van der Waals surface area contributed by atoms with Gasteiger partial charge in [-0.2, -0.15) is 0 Å². The molecule has 0 aromatic heterocycles. The van der Waals surface area contributed by atoms with E-state index in [2.05, 4.69) is 0 Å². The van der Waals surface area contributed by atoms with Crippen LogP contribution in [0.1, 0.15) is 64.2 Å². The Hall–Kier alpha value is -0.440. The molecule has 1 aliphatic carbocycles. The van der Waals surface area contributed by atoms with Crippen LogP contribution in [0.3, 0.4) is 0 Å². The minimum absolute atomic E-state index is 0.328. The lowest BCUT2D eigenvalue weighted by atomic mass is 9.85. The highest BCUT2D eigenvalue weighted by Gasteiger charge is 2.50. The van der Waals surface area contributed by atoms with Crippen LogP contribution >= 0.6 is 0 Å². The Morgan fingerprint density at radius 1 is 0.629 bits per heavy atom. The van der Waals surface area contributed by atoms with E-state index in [0.29, 0.717) is 6.61 Å². The standard InChI is InChI=1S/C24H44O11/c25-12-15-17(27)18(28)20(30)24(33-15)35-22-16(13-26)34-23(21(31)19(22)29)32-11-7-2-1-4-8-14-9-5-3-6-10-14/h14-31H,1-13H2. The molecular formula is C24H44O11. The minimum Gasteiger partial charge on any atom is -0.394 e. The van der Waals surface area contributed by atoms with Crippen molar-refractivity contribution in [3.8, 4) is 0 Å². The molecule has 35 heavy (non-hydrogen) atoms. The molecule has 0 bridgehead atoms. The van der Waals surface area contributed by atoms with Gasteiger partial charge in [0, 0.05) is 6.61 Å². The zero-order valence-electron chi connectivity index (χ0n) is 20.3. The largest absolute Gasteiger partial charge is 0.394 e. The van der Waals surface area contributed by atoms with Crippen LogP contribution in [-0.4, -0.2) is 117 Å². The molecule has 10 atom stereocenters. The van der Waals surface area contributed by atoms with Gasteiger partial charge in [0.2, 0.25) is 0 Å². The highest BCUT2D eigenvalue weighted by atomic mass is 16.7. The molecular weight excluding hydrogens is 464 g/mol. The third-order valence-electron chi connectivity index (χ3n) is 7.47. The van der Waals surface area contributed by atoms with Crippen LogP contribution in [0.25, 0.3) is 0 Å². The fraction of sp³-hybridized carbons (Fsp3) is 1.00. The third-order valence-corrected chi connectivity index (χ3v) is 7.47. The summed E-state index contributed by atoms with van der Waals surface area (Å²) in [7, 11) is 0. The average Bonchev–Trinajstić information content (AvgIpc) is 2.87. The molecule has 11 heteroatoms. The van der Waals surface area contributed by atoms with Crippen LogP contribution in [0.4, 0.5) is 0 Å². The van der Waals surface area contributed by atoms with E-state index in [-0.39, 0.29) is 0 Å². The summed E-state index contributed by atoms with van der Waals surface area (Å²) in [5.74, 6) is 0.876. The van der Waals surface area contributed by atoms with Crippen LogP contribution < -0.4 is 0 Å². The Kier molecular flexibility index (Phi) is 12.1. The van der Waals surface area contributed by atoms with Crippen molar-refractivity contribution in [2.75, 3.05) is 19.8 Å². The second-order valence-corrected chi connectivity index (χ2v) is 10.1. The Labute approximate surface area is 206 Å². The summed E-state index contributed by atoms with van der Waals surface area (Å²) in [4.78, 5) is 0. The van der Waals surface area contributed by atoms with E-state index in [4.69, 9.17) is 18.9 Å². The molecule has 2 saturated heterocycles. The van der Waals surface area contributed by atoms with E-state index in [0.717, 1.165) is 25.2 Å². The third kappa shape index (κ3) is 7.78. The van der Waals surface area contributed by atoms with Gasteiger partial charge in [0.15, 0.2) is 12.6 Å². The number of hydrogen-bond acceptors (Lipinski definition) is 11. The molecule has 11 nitrogen and oxygen atoms in total. The maximum atomic E-state index is 10.6. The molecule has 3 fully saturated rings. The number of unbranched alkanes of at least 4 members (excludes halogenated alkanes) is 3. The van der Waals surface area contributed by atoms with Gasteiger partial charge in [-0.25, -0.2) is 0 Å². The molecule has 0 aromatic rings. The van der Waals surface area contributed by atoms with Crippen LogP contribution in [0, 0.1) is 5.92 Å². The molecule has 206 valence electrons. The van der Waals surface area contributed by atoms with E-state index >= 15 is 0 Å². The Bertz CT molecular complexity index is 586. The van der Waals surface area contributed by atoms with Crippen molar-refractivity contribution in [3.05, 3.63) is 0 Å². The fourth-order valence-corrected chi connectivity index (χ4v) is 5.26. The molecule has 0 aromatic carbocycles. The SMILES string of the molecule is OCC1OC(OC2C(CO)OC(OCCCCCCC3CCCCC3)C(O)C2O)C(O)C(O)C1O. The first-order chi connectivity index (χ1) is 16.9. The van der Waals surface area contributed by atoms with Crippen molar-refractivity contribution < 1.29 is 54.7 Å².